The van der Waals surface area contributed by atoms with E-state index in [4.69, 9.17) is 17.3 Å². The Morgan fingerprint density at radius 1 is 1.06 bits per heavy atom. The number of rotatable bonds is 2. The Morgan fingerprint density at radius 2 is 1.81 bits per heavy atom. The van der Waals surface area contributed by atoms with E-state index < -0.39 is 0 Å². The fourth-order valence-corrected chi connectivity index (χ4v) is 2.53. The van der Waals surface area contributed by atoms with Gasteiger partial charge in [-0.1, -0.05) is 35.5 Å². The minimum Gasteiger partial charge on any atom is -0.398 e. The Balaban J connectivity index is 2.24. The average molecular weight is 250 g/mol. The zero-order chi connectivity index (χ0) is 11.5. The lowest BCUT2D eigenvalue weighted by Gasteiger charge is -2.05. The van der Waals surface area contributed by atoms with E-state index in [2.05, 4.69) is 6.07 Å². The van der Waals surface area contributed by atoms with Gasteiger partial charge in [0.15, 0.2) is 0 Å². The van der Waals surface area contributed by atoms with Gasteiger partial charge in [-0.2, -0.15) is 0 Å². The first-order chi connectivity index (χ1) is 7.65. The van der Waals surface area contributed by atoms with Crippen LogP contribution in [0.3, 0.4) is 0 Å². The number of benzene rings is 2. The van der Waals surface area contributed by atoms with Gasteiger partial charge in [-0.25, -0.2) is 0 Å². The Bertz CT molecular complexity index is 511. The zero-order valence-electron chi connectivity index (χ0n) is 8.91. The molecular formula is C13H12ClNS. The third-order valence-electron chi connectivity index (χ3n) is 2.28. The lowest BCUT2D eigenvalue weighted by molar-refractivity contribution is 1.36. The summed E-state index contributed by atoms with van der Waals surface area (Å²) in [4.78, 5) is 2.25. The van der Waals surface area contributed by atoms with Crippen molar-refractivity contribution in [1.82, 2.24) is 0 Å². The maximum atomic E-state index is 5.93. The van der Waals surface area contributed by atoms with Crippen molar-refractivity contribution in [3.05, 3.63) is 53.1 Å². The van der Waals surface area contributed by atoms with Gasteiger partial charge in [-0.05, 0) is 42.8 Å². The van der Waals surface area contributed by atoms with Crippen molar-refractivity contribution < 1.29 is 0 Å². The molecule has 2 N–H and O–H groups in total. The molecule has 0 bridgehead atoms. The van der Waals surface area contributed by atoms with Crippen molar-refractivity contribution in [3.8, 4) is 0 Å². The van der Waals surface area contributed by atoms with Crippen LogP contribution in [0.1, 0.15) is 5.56 Å². The van der Waals surface area contributed by atoms with Gasteiger partial charge in [0.1, 0.15) is 0 Å². The van der Waals surface area contributed by atoms with Gasteiger partial charge in [-0.3, -0.25) is 0 Å². The lowest BCUT2D eigenvalue weighted by atomic mass is 10.2. The van der Waals surface area contributed by atoms with E-state index in [1.165, 1.54) is 0 Å². The highest BCUT2D eigenvalue weighted by atomic mass is 35.5. The standard InChI is InChI=1S/C13H12ClNS/c1-9-5-6-12(8-13(9)15)16-11-4-2-3-10(14)7-11/h2-8H,15H2,1H3. The molecule has 0 aliphatic rings. The minimum atomic E-state index is 0.755. The summed E-state index contributed by atoms with van der Waals surface area (Å²) in [5.41, 5.74) is 7.80. The summed E-state index contributed by atoms with van der Waals surface area (Å²) in [5, 5.41) is 0.755. The SMILES string of the molecule is Cc1ccc(Sc2cccc(Cl)c2)cc1N. The van der Waals surface area contributed by atoms with Crippen LogP contribution in [0.4, 0.5) is 5.69 Å². The third-order valence-corrected chi connectivity index (χ3v) is 3.50. The highest BCUT2D eigenvalue weighted by Gasteiger charge is 2.00. The van der Waals surface area contributed by atoms with Crippen molar-refractivity contribution in [2.75, 3.05) is 5.73 Å². The van der Waals surface area contributed by atoms with Crippen molar-refractivity contribution in [2.24, 2.45) is 0 Å². The Hall–Kier alpha value is -1.12. The number of nitrogens with two attached hydrogens (primary N) is 1. The molecule has 2 aromatic rings. The molecule has 16 heavy (non-hydrogen) atoms. The van der Waals surface area contributed by atoms with E-state index >= 15 is 0 Å². The highest BCUT2D eigenvalue weighted by molar-refractivity contribution is 7.99. The smallest absolute Gasteiger partial charge is 0.0417 e. The van der Waals surface area contributed by atoms with Crippen LogP contribution in [0.2, 0.25) is 5.02 Å². The van der Waals surface area contributed by atoms with Crippen LogP contribution in [0.25, 0.3) is 0 Å². The Morgan fingerprint density at radius 3 is 2.50 bits per heavy atom. The quantitative estimate of drug-likeness (QED) is 0.800. The predicted molar refractivity (Wildman–Crippen MR) is 71.2 cm³/mol. The van der Waals surface area contributed by atoms with Gasteiger partial charge in [-0.15, -0.1) is 0 Å². The van der Waals surface area contributed by atoms with Gasteiger partial charge in [0.05, 0.1) is 0 Å². The lowest BCUT2D eigenvalue weighted by Crippen LogP contribution is -1.88. The molecule has 0 saturated carbocycles. The molecule has 0 radical (unpaired) electrons. The number of aryl methyl sites for hydroxylation is 1. The molecule has 1 nitrogen and oxygen atoms in total. The van der Waals surface area contributed by atoms with Crippen molar-refractivity contribution in [1.29, 1.82) is 0 Å². The van der Waals surface area contributed by atoms with Crippen LogP contribution in [0.5, 0.6) is 0 Å². The second-order valence-electron chi connectivity index (χ2n) is 3.58. The van der Waals surface area contributed by atoms with E-state index in [9.17, 15) is 0 Å². The molecule has 0 fully saturated rings. The third kappa shape index (κ3) is 2.71. The molecule has 0 aliphatic carbocycles. The molecule has 82 valence electrons. The molecule has 0 aromatic heterocycles. The van der Waals surface area contributed by atoms with Crippen LogP contribution in [0.15, 0.2) is 52.3 Å². The molecule has 3 heteroatoms. The average Bonchev–Trinajstić information content (AvgIpc) is 2.24. The number of hydrogen-bond donors (Lipinski definition) is 1. The van der Waals surface area contributed by atoms with Crippen LogP contribution >= 0.6 is 23.4 Å². The summed E-state index contributed by atoms with van der Waals surface area (Å²) in [5.74, 6) is 0. The van der Waals surface area contributed by atoms with Crippen LogP contribution in [0, 0.1) is 6.92 Å². The van der Waals surface area contributed by atoms with Crippen LogP contribution < -0.4 is 5.73 Å². The van der Waals surface area contributed by atoms with Gasteiger partial charge in [0.25, 0.3) is 0 Å². The van der Waals surface area contributed by atoms with E-state index in [0.717, 1.165) is 26.1 Å². The van der Waals surface area contributed by atoms with Crippen LogP contribution in [-0.4, -0.2) is 0 Å². The molecule has 0 unspecified atom stereocenters. The van der Waals surface area contributed by atoms with E-state index in [0.29, 0.717) is 0 Å². The first-order valence-electron chi connectivity index (χ1n) is 4.95. The molecule has 0 saturated heterocycles. The Labute approximate surface area is 105 Å². The van der Waals surface area contributed by atoms with Crippen LogP contribution in [-0.2, 0) is 0 Å². The Kier molecular flexibility index (Phi) is 3.42. The van der Waals surface area contributed by atoms with E-state index in [1.54, 1.807) is 11.8 Å². The number of anilines is 1. The summed E-state index contributed by atoms with van der Waals surface area (Å²) in [6, 6.07) is 13.9. The summed E-state index contributed by atoms with van der Waals surface area (Å²) in [6.07, 6.45) is 0. The number of hydrogen-bond acceptors (Lipinski definition) is 2. The van der Waals surface area contributed by atoms with Crippen molar-refractivity contribution in [2.45, 2.75) is 16.7 Å². The monoisotopic (exact) mass is 249 g/mol. The van der Waals surface area contributed by atoms with Crippen molar-refractivity contribution >= 4 is 29.1 Å². The molecule has 0 heterocycles. The molecule has 0 atom stereocenters. The zero-order valence-corrected chi connectivity index (χ0v) is 10.5. The van der Waals surface area contributed by atoms with Gasteiger partial charge in [0.2, 0.25) is 0 Å². The molecule has 0 amide bonds. The molecule has 2 rings (SSSR count). The molecule has 0 aliphatic heterocycles. The summed E-state index contributed by atoms with van der Waals surface area (Å²) in [7, 11) is 0. The molecule has 0 spiro atoms. The molecule has 2 aromatic carbocycles. The maximum absolute atomic E-state index is 5.93. The van der Waals surface area contributed by atoms with Gasteiger partial charge >= 0.3 is 0 Å². The topological polar surface area (TPSA) is 26.0 Å². The fourth-order valence-electron chi connectivity index (χ4n) is 1.35. The second kappa shape index (κ2) is 4.81. The van der Waals surface area contributed by atoms with Gasteiger partial charge in [0, 0.05) is 20.5 Å². The summed E-state index contributed by atoms with van der Waals surface area (Å²) in [6.45, 7) is 2.00. The maximum Gasteiger partial charge on any atom is 0.0417 e. The molecular weight excluding hydrogens is 238 g/mol. The summed E-state index contributed by atoms with van der Waals surface area (Å²) >= 11 is 7.59. The number of halogens is 1. The van der Waals surface area contributed by atoms with E-state index in [-0.39, 0.29) is 0 Å². The van der Waals surface area contributed by atoms with Gasteiger partial charge < -0.3 is 5.73 Å². The predicted octanol–water partition coefficient (Wildman–Crippen LogP) is 4.38. The summed E-state index contributed by atoms with van der Waals surface area (Å²) < 4.78 is 0. The fraction of sp³-hybridized carbons (Fsp3) is 0.0769. The minimum absolute atomic E-state index is 0.755. The van der Waals surface area contributed by atoms with E-state index in [1.807, 2.05) is 43.3 Å². The van der Waals surface area contributed by atoms with Crippen molar-refractivity contribution in [3.63, 3.8) is 0 Å². The largest absolute Gasteiger partial charge is 0.398 e. The first-order valence-corrected chi connectivity index (χ1v) is 6.14. The highest BCUT2D eigenvalue weighted by Crippen LogP contribution is 2.31. The number of nitrogen functional groups attached to an aromatic ring is 1. The first kappa shape index (κ1) is 11.4. The second-order valence-corrected chi connectivity index (χ2v) is 5.16. The normalized spacial score (nSPS) is 10.4.